The predicted octanol–water partition coefficient (Wildman–Crippen LogP) is 1.06. The van der Waals surface area contributed by atoms with Gasteiger partial charge in [-0.2, -0.15) is 17.6 Å². The highest BCUT2D eigenvalue weighted by Gasteiger charge is 2.39. The zero-order chi connectivity index (χ0) is 21.0. The molecule has 0 saturated carbocycles. The Labute approximate surface area is 173 Å². The van der Waals surface area contributed by atoms with Crippen molar-refractivity contribution in [2.24, 2.45) is 4.99 Å². The third-order valence-electron chi connectivity index (χ3n) is 4.99. The van der Waals surface area contributed by atoms with Crippen LogP contribution in [0.25, 0.3) is 0 Å². The Bertz CT molecular complexity index is 796. The van der Waals surface area contributed by atoms with Gasteiger partial charge in [0.15, 0.2) is 0 Å². The fourth-order valence-corrected chi connectivity index (χ4v) is 3.78. The lowest BCUT2D eigenvalue weighted by Crippen LogP contribution is -2.62. The molecule has 0 aliphatic carbocycles. The SMILES string of the molecule is CN1C[C@@H](S)C[C@H]1C(=O)N1CC(NC=NC(=O)OCc2ccc([N+](=O)[O-])cc2)C1. The molecule has 1 aromatic carbocycles. The lowest BCUT2D eigenvalue weighted by atomic mass is 10.1. The van der Waals surface area contributed by atoms with E-state index in [9.17, 15) is 19.7 Å². The number of nitrogens with zero attached hydrogens (tertiary/aromatic N) is 4. The van der Waals surface area contributed by atoms with Crippen LogP contribution in [0.2, 0.25) is 0 Å². The molecule has 0 aromatic heterocycles. The number of likely N-dealkylation sites (tertiary alicyclic amines) is 2. The van der Waals surface area contributed by atoms with Gasteiger partial charge in [-0.05, 0) is 31.2 Å². The van der Waals surface area contributed by atoms with Crippen LogP contribution >= 0.6 is 12.6 Å². The number of rotatable bonds is 6. The van der Waals surface area contributed by atoms with E-state index in [4.69, 9.17) is 4.74 Å². The Morgan fingerprint density at radius 2 is 2.03 bits per heavy atom. The molecule has 29 heavy (non-hydrogen) atoms. The van der Waals surface area contributed by atoms with Crippen LogP contribution in [0.15, 0.2) is 29.3 Å². The average Bonchev–Trinajstić information content (AvgIpc) is 3.00. The second-order valence-electron chi connectivity index (χ2n) is 7.19. The minimum atomic E-state index is -0.768. The molecule has 156 valence electrons. The van der Waals surface area contributed by atoms with Crippen molar-refractivity contribution in [2.45, 2.75) is 30.4 Å². The number of hydrogen-bond acceptors (Lipinski definition) is 7. The first-order valence-electron chi connectivity index (χ1n) is 9.19. The molecule has 2 aliphatic rings. The minimum absolute atomic E-state index is 0.0269. The van der Waals surface area contributed by atoms with Crippen molar-refractivity contribution in [3.05, 3.63) is 39.9 Å². The molecule has 2 heterocycles. The van der Waals surface area contributed by atoms with Gasteiger partial charge in [-0.1, -0.05) is 0 Å². The van der Waals surface area contributed by atoms with E-state index in [0.29, 0.717) is 18.7 Å². The summed E-state index contributed by atoms with van der Waals surface area (Å²) in [6, 6.07) is 5.66. The average molecular weight is 421 g/mol. The second-order valence-corrected chi connectivity index (χ2v) is 7.92. The van der Waals surface area contributed by atoms with Crippen molar-refractivity contribution in [2.75, 3.05) is 26.7 Å². The van der Waals surface area contributed by atoms with E-state index in [-0.39, 0.29) is 35.5 Å². The number of nitro benzene ring substituents is 1. The maximum absolute atomic E-state index is 12.5. The van der Waals surface area contributed by atoms with Gasteiger partial charge in [-0.25, -0.2) is 4.79 Å². The molecule has 1 N–H and O–H groups in total. The number of hydrogen-bond donors (Lipinski definition) is 2. The zero-order valence-corrected chi connectivity index (χ0v) is 16.8. The molecule has 2 fully saturated rings. The van der Waals surface area contributed by atoms with Crippen LogP contribution in [0.1, 0.15) is 12.0 Å². The van der Waals surface area contributed by atoms with E-state index >= 15 is 0 Å². The van der Waals surface area contributed by atoms with Gasteiger partial charge >= 0.3 is 6.09 Å². The number of benzene rings is 1. The fourth-order valence-electron chi connectivity index (χ4n) is 3.33. The second kappa shape index (κ2) is 9.23. The summed E-state index contributed by atoms with van der Waals surface area (Å²) in [7, 11) is 1.93. The summed E-state index contributed by atoms with van der Waals surface area (Å²) in [6.07, 6.45) is 1.26. The maximum Gasteiger partial charge on any atom is 0.435 e. The van der Waals surface area contributed by atoms with Crippen molar-refractivity contribution in [3.63, 3.8) is 0 Å². The number of carbonyl (C=O) groups excluding carboxylic acids is 2. The maximum atomic E-state index is 12.5. The molecule has 0 unspecified atom stereocenters. The molecule has 2 aliphatic heterocycles. The largest absolute Gasteiger partial charge is 0.443 e. The summed E-state index contributed by atoms with van der Waals surface area (Å²) in [6.45, 7) is 1.90. The first-order valence-corrected chi connectivity index (χ1v) is 9.71. The van der Waals surface area contributed by atoms with Crippen molar-refractivity contribution < 1.29 is 19.2 Å². The van der Waals surface area contributed by atoms with E-state index in [0.717, 1.165) is 13.0 Å². The lowest BCUT2D eigenvalue weighted by molar-refractivity contribution is -0.384. The molecule has 3 rings (SSSR count). The summed E-state index contributed by atoms with van der Waals surface area (Å²) in [4.78, 5) is 41.7. The third-order valence-corrected chi connectivity index (χ3v) is 5.37. The Morgan fingerprint density at radius 1 is 1.34 bits per heavy atom. The van der Waals surface area contributed by atoms with Gasteiger partial charge in [-0.15, -0.1) is 0 Å². The van der Waals surface area contributed by atoms with Crippen LogP contribution in [-0.2, 0) is 16.1 Å². The van der Waals surface area contributed by atoms with Crippen molar-refractivity contribution in [1.29, 1.82) is 0 Å². The third kappa shape index (κ3) is 5.45. The number of likely N-dealkylation sites (N-methyl/N-ethyl adjacent to an activating group) is 1. The Kier molecular flexibility index (Phi) is 6.70. The zero-order valence-electron chi connectivity index (χ0n) is 15.9. The number of non-ortho nitro benzene ring substituents is 1. The number of thiol groups is 1. The van der Waals surface area contributed by atoms with Crippen LogP contribution in [0, 0.1) is 10.1 Å². The van der Waals surface area contributed by atoms with Gasteiger partial charge in [0.2, 0.25) is 5.91 Å². The number of ether oxygens (including phenoxy) is 1. The van der Waals surface area contributed by atoms with E-state index < -0.39 is 11.0 Å². The van der Waals surface area contributed by atoms with E-state index in [1.54, 1.807) is 4.90 Å². The summed E-state index contributed by atoms with van der Waals surface area (Å²) < 4.78 is 4.99. The predicted molar refractivity (Wildman–Crippen MR) is 109 cm³/mol. The van der Waals surface area contributed by atoms with Crippen molar-refractivity contribution >= 4 is 36.7 Å². The minimum Gasteiger partial charge on any atom is -0.443 e. The first-order chi connectivity index (χ1) is 13.8. The van der Waals surface area contributed by atoms with Crippen LogP contribution in [0.3, 0.4) is 0 Å². The van der Waals surface area contributed by atoms with Gasteiger partial charge < -0.3 is 15.0 Å². The van der Waals surface area contributed by atoms with Gasteiger partial charge in [0, 0.05) is 37.0 Å². The first kappa shape index (κ1) is 21.1. The molecule has 11 heteroatoms. The van der Waals surface area contributed by atoms with Crippen LogP contribution in [0.4, 0.5) is 10.5 Å². The molecule has 0 radical (unpaired) electrons. The highest BCUT2D eigenvalue weighted by atomic mass is 32.1. The quantitative estimate of drug-likeness (QED) is 0.232. The number of aliphatic imine (C=N–C) groups is 1. The molecule has 2 saturated heterocycles. The molecule has 0 spiro atoms. The summed E-state index contributed by atoms with van der Waals surface area (Å²) in [5.41, 5.74) is 0.598. The summed E-state index contributed by atoms with van der Waals surface area (Å²) in [5, 5.41) is 13.8. The molecule has 2 amide bonds. The van der Waals surface area contributed by atoms with E-state index in [1.807, 2.05) is 11.9 Å². The monoisotopic (exact) mass is 421 g/mol. The van der Waals surface area contributed by atoms with E-state index in [2.05, 4.69) is 22.9 Å². The van der Waals surface area contributed by atoms with Gasteiger partial charge in [-0.3, -0.25) is 19.8 Å². The van der Waals surface area contributed by atoms with Gasteiger partial charge in [0.05, 0.1) is 23.3 Å². The van der Waals surface area contributed by atoms with Crippen LogP contribution in [0.5, 0.6) is 0 Å². The lowest BCUT2D eigenvalue weighted by Gasteiger charge is -2.41. The molecule has 10 nitrogen and oxygen atoms in total. The number of nitro groups is 1. The molecular weight excluding hydrogens is 398 g/mol. The Balaban J connectivity index is 1.34. The number of carbonyl (C=O) groups is 2. The van der Waals surface area contributed by atoms with Gasteiger partial charge in [0.1, 0.15) is 6.61 Å². The van der Waals surface area contributed by atoms with E-state index in [1.165, 1.54) is 30.6 Å². The Hall–Kier alpha value is -2.66. The van der Waals surface area contributed by atoms with Crippen molar-refractivity contribution in [1.82, 2.24) is 15.1 Å². The van der Waals surface area contributed by atoms with Crippen LogP contribution in [-0.4, -0.2) is 77.1 Å². The van der Waals surface area contributed by atoms with Crippen LogP contribution < -0.4 is 5.32 Å². The highest BCUT2D eigenvalue weighted by Crippen LogP contribution is 2.23. The summed E-state index contributed by atoms with van der Waals surface area (Å²) in [5.74, 6) is 0.113. The normalized spacial score (nSPS) is 22.5. The molecule has 1 aromatic rings. The number of amides is 2. The molecule has 0 bridgehead atoms. The Morgan fingerprint density at radius 3 is 2.62 bits per heavy atom. The highest BCUT2D eigenvalue weighted by molar-refractivity contribution is 7.81. The summed E-state index contributed by atoms with van der Waals surface area (Å²) >= 11 is 4.44. The molecule has 2 atom stereocenters. The smallest absolute Gasteiger partial charge is 0.435 e. The van der Waals surface area contributed by atoms with Gasteiger partial charge in [0.25, 0.3) is 5.69 Å². The topological polar surface area (TPSA) is 117 Å². The van der Waals surface area contributed by atoms with Crippen molar-refractivity contribution in [3.8, 4) is 0 Å². The standard InChI is InChI=1S/C18H23N5O5S/c1-21-9-15(29)6-16(21)17(24)22-7-13(8-22)19-11-20-18(25)28-10-12-2-4-14(5-3-12)23(26)27/h2-5,11,13,15-16,29H,6-10H2,1H3,(H,19,20,25)/t15-,16-/m0/s1. The number of nitrogens with one attached hydrogen (secondary N) is 1. The molecular formula is C18H23N5O5S. The fraction of sp³-hybridized carbons (Fsp3) is 0.500.